The fourth-order valence-corrected chi connectivity index (χ4v) is 3.86. The summed E-state index contributed by atoms with van der Waals surface area (Å²) < 4.78 is 15.9. The lowest BCUT2D eigenvalue weighted by Gasteiger charge is -2.30. The van der Waals surface area contributed by atoms with Crippen LogP contribution in [0.25, 0.3) is 11.0 Å². The van der Waals surface area contributed by atoms with E-state index in [2.05, 4.69) is 23.4 Å². The number of hydrogen-bond donors (Lipinski definition) is 0. The van der Waals surface area contributed by atoms with Gasteiger partial charge in [0.2, 0.25) is 0 Å². The van der Waals surface area contributed by atoms with Crippen LogP contribution < -0.4 is 0 Å². The fraction of sp³-hybridized carbons (Fsp3) is 0.562. The summed E-state index contributed by atoms with van der Waals surface area (Å²) in [5, 5.41) is 0.150. The number of rotatable bonds is 3. The van der Waals surface area contributed by atoms with Crippen molar-refractivity contribution in [2.24, 2.45) is 5.41 Å². The minimum absolute atomic E-state index is 0.150. The first-order chi connectivity index (χ1) is 9.94. The van der Waals surface area contributed by atoms with Gasteiger partial charge in [-0.15, -0.1) is 11.6 Å². The summed E-state index contributed by atoms with van der Waals surface area (Å²) in [6.45, 7) is 4.57. The van der Waals surface area contributed by atoms with Crippen LogP contribution in [0.1, 0.15) is 45.0 Å². The molecule has 21 heavy (non-hydrogen) atoms. The van der Waals surface area contributed by atoms with Crippen LogP contribution in [-0.2, 0) is 6.42 Å². The Labute approximate surface area is 134 Å². The molecule has 1 heterocycles. The summed E-state index contributed by atoms with van der Waals surface area (Å²) in [7, 11) is 0. The highest BCUT2D eigenvalue weighted by Crippen LogP contribution is 2.47. The summed E-state index contributed by atoms with van der Waals surface area (Å²) in [5.74, 6) is 1.02. The van der Waals surface area contributed by atoms with Crippen LogP contribution >= 0.6 is 23.2 Å². The first kappa shape index (κ1) is 15.1. The standard InChI is InChI=1S/C16H19Cl2FN2/c1-16(2)6-3-4-14(16)21-13-8-10(18)11(19)9-12(13)20-15(21)5-7-17/h8-9,14H,3-7H2,1-2H3. The number of alkyl halides is 1. The maximum atomic E-state index is 13.7. The number of benzene rings is 1. The van der Waals surface area contributed by atoms with Crippen LogP contribution in [0, 0.1) is 11.2 Å². The van der Waals surface area contributed by atoms with Gasteiger partial charge < -0.3 is 4.57 Å². The van der Waals surface area contributed by atoms with Crippen LogP contribution in [0.2, 0.25) is 5.02 Å². The van der Waals surface area contributed by atoms with Crippen LogP contribution in [-0.4, -0.2) is 15.4 Å². The number of nitrogens with zero attached hydrogens (tertiary/aromatic N) is 2. The lowest BCUT2D eigenvalue weighted by atomic mass is 9.87. The van der Waals surface area contributed by atoms with Gasteiger partial charge in [0.05, 0.1) is 16.1 Å². The maximum absolute atomic E-state index is 13.7. The molecule has 1 saturated carbocycles. The van der Waals surface area contributed by atoms with Crippen molar-refractivity contribution in [3.05, 3.63) is 28.8 Å². The minimum Gasteiger partial charge on any atom is -0.324 e. The maximum Gasteiger partial charge on any atom is 0.144 e. The Kier molecular flexibility index (Phi) is 3.91. The van der Waals surface area contributed by atoms with E-state index in [0.29, 0.717) is 23.9 Å². The van der Waals surface area contributed by atoms with Crippen molar-refractivity contribution in [1.29, 1.82) is 0 Å². The molecular weight excluding hydrogens is 310 g/mol. The topological polar surface area (TPSA) is 17.8 Å². The van der Waals surface area contributed by atoms with E-state index in [0.717, 1.165) is 17.8 Å². The van der Waals surface area contributed by atoms with Gasteiger partial charge in [-0.25, -0.2) is 9.37 Å². The molecular formula is C16H19Cl2FN2. The molecule has 5 heteroatoms. The van der Waals surface area contributed by atoms with Crippen LogP contribution in [0.3, 0.4) is 0 Å². The number of imidazole rings is 1. The van der Waals surface area contributed by atoms with Crippen molar-refractivity contribution in [2.75, 3.05) is 5.88 Å². The molecule has 1 atom stereocenters. The molecule has 1 aromatic heterocycles. The molecule has 1 aromatic carbocycles. The SMILES string of the molecule is CC1(C)CCCC1n1c(CCCl)nc2cc(F)c(Cl)cc21. The third kappa shape index (κ3) is 2.55. The molecule has 2 aromatic rings. The highest BCUT2D eigenvalue weighted by Gasteiger charge is 2.37. The molecule has 0 spiro atoms. The third-order valence-corrected chi connectivity index (χ3v) is 5.11. The Bertz CT molecular complexity index is 678. The number of aryl methyl sites for hydroxylation is 1. The van der Waals surface area contributed by atoms with Crippen molar-refractivity contribution >= 4 is 34.2 Å². The van der Waals surface area contributed by atoms with E-state index in [1.165, 1.54) is 18.9 Å². The molecule has 0 N–H and O–H groups in total. The van der Waals surface area contributed by atoms with E-state index >= 15 is 0 Å². The fourth-order valence-electron chi connectivity index (χ4n) is 3.54. The van der Waals surface area contributed by atoms with Gasteiger partial charge in [-0.05, 0) is 24.3 Å². The van der Waals surface area contributed by atoms with Gasteiger partial charge >= 0.3 is 0 Å². The van der Waals surface area contributed by atoms with E-state index in [9.17, 15) is 4.39 Å². The molecule has 0 radical (unpaired) electrons. The van der Waals surface area contributed by atoms with Crippen LogP contribution in [0.15, 0.2) is 12.1 Å². The van der Waals surface area contributed by atoms with E-state index in [-0.39, 0.29) is 10.4 Å². The van der Waals surface area contributed by atoms with Gasteiger partial charge in [0, 0.05) is 24.4 Å². The smallest absolute Gasteiger partial charge is 0.144 e. The molecule has 2 nitrogen and oxygen atoms in total. The number of fused-ring (bicyclic) bond motifs is 1. The Morgan fingerprint density at radius 1 is 1.43 bits per heavy atom. The molecule has 114 valence electrons. The minimum atomic E-state index is -0.420. The number of aromatic nitrogens is 2. The normalized spacial score (nSPS) is 21.3. The van der Waals surface area contributed by atoms with E-state index in [4.69, 9.17) is 23.2 Å². The van der Waals surface area contributed by atoms with Gasteiger partial charge in [-0.1, -0.05) is 31.9 Å². The number of hydrogen-bond acceptors (Lipinski definition) is 1. The Morgan fingerprint density at radius 3 is 2.81 bits per heavy atom. The zero-order chi connectivity index (χ0) is 15.2. The van der Waals surface area contributed by atoms with E-state index < -0.39 is 5.82 Å². The first-order valence-electron chi connectivity index (χ1n) is 7.36. The van der Waals surface area contributed by atoms with E-state index in [1.54, 1.807) is 6.07 Å². The number of halogens is 3. The molecule has 0 bridgehead atoms. The largest absolute Gasteiger partial charge is 0.324 e. The lowest BCUT2D eigenvalue weighted by Crippen LogP contribution is -2.23. The third-order valence-electron chi connectivity index (χ3n) is 4.64. The Balaban J connectivity index is 2.23. The lowest BCUT2D eigenvalue weighted by molar-refractivity contribution is 0.261. The van der Waals surface area contributed by atoms with Gasteiger partial charge in [-0.2, -0.15) is 0 Å². The van der Waals surface area contributed by atoms with Gasteiger partial charge in [0.1, 0.15) is 11.6 Å². The van der Waals surface area contributed by atoms with Crippen LogP contribution in [0.5, 0.6) is 0 Å². The van der Waals surface area contributed by atoms with Crippen molar-refractivity contribution in [2.45, 2.75) is 45.6 Å². The zero-order valence-corrected chi connectivity index (χ0v) is 13.8. The highest BCUT2D eigenvalue weighted by molar-refractivity contribution is 6.31. The molecule has 1 unspecified atom stereocenters. The predicted molar refractivity (Wildman–Crippen MR) is 85.8 cm³/mol. The zero-order valence-electron chi connectivity index (χ0n) is 12.3. The molecule has 1 fully saturated rings. The first-order valence-corrected chi connectivity index (χ1v) is 8.27. The highest BCUT2D eigenvalue weighted by atomic mass is 35.5. The molecule has 1 aliphatic carbocycles. The van der Waals surface area contributed by atoms with E-state index in [1.807, 2.05) is 0 Å². The average molecular weight is 329 g/mol. The van der Waals surface area contributed by atoms with Crippen molar-refractivity contribution in [3.8, 4) is 0 Å². The molecule has 0 amide bonds. The quantitative estimate of drug-likeness (QED) is 0.693. The van der Waals surface area contributed by atoms with Crippen molar-refractivity contribution in [3.63, 3.8) is 0 Å². The Hall–Kier alpha value is -0.800. The second-order valence-electron chi connectivity index (χ2n) is 6.49. The predicted octanol–water partition coefficient (Wildman–Crippen LogP) is 5.36. The molecule has 0 saturated heterocycles. The molecule has 0 aliphatic heterocycles. The molecule has 1 aliphatic rings. The van der Waals surface area contributed by atoms with Gasteiger partial charge in [-0.3, -0.25) is 0 Å². The van der Waals surface area contributed by atoms with Gasteiger partial charge in [0.25, 0.3) is 0 Å². The Morgan fingerprint density at radius 2 is 2.19 bits per heavy atom. The summed E-state index contributed by atoms with van der Waals surface area (Å²) in [6, 6.07) is 3.49. The summed E-state index contributed by atoms with van der Waals surface area (Å²) in [5.41, 5.74) is 1.79. The summed E-state index contributed by atoms with van der Waals surface area (Å²) >= 11 is 11.9. The molecule has 3 rings (SSSR count). The monoisotopic (exact) mass is 328 g/mol. The van der Waals surface area contributed by atoms with Gasteiger partial charge in [0.15, 0.2) is 0 Å². The van der Waals surface area contributed by atoms with Crippen molar-refractivity contribution in [1.82, 2.24) is 9.55 Å². The van der Waals surface area contributed by atoms with Crippen LogP contribution in [0.4, 0.5) is 4.39 Å². The average Bonchev–Trinajstić information content (AvgIpc) is 2.90. The van der Waals surface area contributed by atoms with Crippen molar-refractivity contribution < 1.29 is 4.39 Å². The summed E-state index contributed by atoms with van der Waals surface area (Å²) in [4.78, 5) is 4.59. The second kappa shape index (κ2) is 5.44. The summed E-state index contributed by atoms with van der Waals surface area (Å²) in [6.07, 6.45) is 4.18. The second-order valence-corrected chi connectivity index (χ2v) is 7.27.